The van der Waals surface area contributed by atoms with Gasteiger partial charge in [-0.25, -0.2) is 4.79 Å². The zero-order valence-corrected chi connectivity index (χ0v) is 17.5. The van der Waals surface area contributed by atoms with Gasteiger partial charge in [-0.05, 0) is 48.2 Å². The number of hydrogen-bond donors (Lipinski definition) is 2. The Morgan fingerprint density at radius 1 is 1.10 bits per heavy atom. The summed E-state index contributed by atoms with van der Waals surface area (Å²) in [5.74, 6) is -0.0956. The lowest BCUT2D eigenvalue weighted by atomic mass is 9.73. The van der Waals surface area contributed by atoms with Gasteiger partial charge in [0, 0.05) is 35.5 Å². The number of ether oxygens (including phenoxy) is 2. The first kappa shape index (κ1) is 21.4. The fourth-order valence-corrected chi connectivity index (χ4v) is 4.03. The molecule has 0 aliphatic carbocycles. The van der Waals surface area contributed by atoms with E-state index in [1.54, 1.807) is 24.3 Å². The molecule has 3 rings (SSSR count). The van der Waals surface area contributed by atoms with E-state index >= 15 is 0 Å². The Morgan fingerprint density at radius 3 is 2.41 bits per heavy atom. The highest BCUT2D eigenvalue weighted by atomic mass is 35.5. The molecule has 2 aromatic carbocycles. The maximum Gasteiger partial charge on any atom is 0.411 e. The summed E-state index contributed by atoms with van der Waals surface area (Å²) < 4.78 is 10.0. The molecule has 1 aliphatic heterocycles. The maximum absolute atomic E-state index is 13.3. The van der Waals surface area contributed by atoms with E-state index in [1.165, 1.54) is 7.11 Å². The van der Waals surface area contributed by atoms with Crippen LogP contribution in [0.4, 0.5) is 10.5 Å². The highest BCUT2D eigenvalue weighted by Crippen LogP contribution is 2.40. The first-order valence-electron chi connectivity index (χ1n) is 9.20. The van der Waals surface area contributed by atoms with Crippen molar-refractivity contribution in [2.24, 2.45) is 0 Å². The summed E-state index contributed by atoms with van der Waals surface area (Å²) in [5.41, 5.74) is 1.52. The Balaban J connectivity index is 1.73. The molecule has 1 aliphatic rings. The van der Waals surface area contributed by atoms with E-state index in [0.29, 0.717) is 48.3 Å². The largest absolute Gasteiger partial charge is 0.453 e. The molecular weight excluding hydrogens is 415 g/mol. The van der Waals surface area contributed by atoms with Crippen LogP contribution in [-0.2, 0) is 26.2 Å². The fourth-order valence-electron chi connectivity index (χ4n) is 3.44. The van der Waals surface area contributed by atoms with Gasteiger partial charge >= 0.3 is 6.09 Å². The van der Waals surface area contributed by atoms with E-state index in [1.807, 2.05) is 18.2 Å². The molecule has 2 amide bonds. The van der Waals surface area contributed by atoms with Crippen LogP contribution < -0.4 is 10.6 Å². The van der Waals surface area contributed by atoms with Gasteiger partial charge in [-0.2, -0.15) is 0 Å². The molecule has 6 nitrogen and oxygen atoms in total. The second-order valence-electron chi connectivity index (χ2n) is 6.81. The van der Waals surface area contributed by atoms with Crippen LogP contribution in [0.5, 0.6) is 0 Å². The average Bonchev–Trinajstić information content (AvgIpc) is 2.73. The minimum atomic E-state index is -0.758. The number of benzene rings is 2. The third kappa shape index (κ3) is 5.01. The number of anilines is 1. The number of hydrogen-bond acceptors (Lipinski definition) is 4. The SMILES string of the molecule is COC(=O)Nc1ccc(CNC(=O)C2(c3ccc(Cl)cc3Cl)CCOCC2)cc1. The molecule has 0 unspecified atom stereocenters. The summed E-state index contributed by atoms with van der Waals surface area (Å²) in [5, 5.41) is 6.62. The number of halogens is 2. The lowest BCUT2D eigenvalue weighted by Crippen LogP contribution is -2.48. The van der Waals surface area contributed by atoms with Crippen molar-refractivity contribution < 1.29 is 19.1 Å². The number of carbonyl (C=O) groups excluding carboxylic acids is 2. The van der Waals surface area contributed by atoms with E-state index in [4.69, 9.17) is 27.9 Å². The minimum absolute atomic E-state index is 0.0956. The summed E-state index contributed by atoms with van der Waals surface area (Å²) >= 11 is 12.5. The van der Waals surface area contributed by atoms with Crippen LogP contribution in [0.1, 0.15) is 24.0 Å². The summed E-state index contributed by atoms with van der Waals surface area (Å²) in [6, 6.07) is 12.4. The molecule has 0 spiro atoms. The molecule has 1 saturated heterocycles. The first-order chi connectivity index (χ1) is 13.9. The van der Waals surface area contributed by atoms with Crippen molar-refractivity contribution in [1.82, 2.24) is 5.32 Å². The van der Waals surface area contributed by atoms with Crippen LogP contribution in [0.3, 0.4) is 0 Å². The first-order valence-corrected chi connectivity index (χ1v) is 9.96. The van der Waals surface area contributed by atoms with Gasteiger partial charge in [-0.3, -0.25) is 10.1 Å². The third-order valence-electron chi connectivity index (χ3n) is 5.07. The molecule has 8 heteroatoms. The van der Waals surface area contributed by atoms with Crippen LogP contribution in [0.25, 0.3) is 0 Å². The molecule has 0 radical (unpaired) electrons. The fraction of sp³-hybridized carbons (Fsp3) is 0.333. The maximum atomic E-state index is 13.3. The Morgan fingerprint density at radius 2 is 1.79 bits per heavy atom. The Hall–Kier alpha value is -2.28. The smallest absolute Gasteiger partial charge is 0.411 e. The van der Waals surface area contributed by atoms with Crippen molar-refractivity contribution in [2.45, 2.75) is 24.8 Å². The molecule has 0 bridgehead atoms. The normalized spacial score (nSPS) is 15.4. The second-order valence-corrected chi connectivity index (χ2v) is 7.66. The van der Waals surface area contributed by atoms with E-state index in [-0.39, 0.29) is 5.91 Å². The highest BCUT2D eigenvalue weighted by molar-refractivity contribution is 6.35. The zero-order chi connectivity index (χ0) is 20.9. The summed E-state index contributed by atoms with van der Waals surface area (Å²) in [7, 11) is 1.30. The molecular formula is C21H22Cl2N2O4. The standard InChI is InChI=1S/C21H22Cl2N2O4/c1-28-20(27)25-16-5-2-14(3-6-16)13-24-19(26)21(8-10-29-11-9-21)17-7-4-15(22)12-18(17)23/h2-7,12H,8-11,13H2,1H3,(H,24,26)(H,25,27). The number of rotatable bonds is 5. The summed E-state index contributed by atoms with van der Waals surface area (Å²) in [6.07, 6.45) is 0.553. The van der Waals surface area contributed by atoms with Gasteiger partial charge in [0.1, 0.15) is 0 Å². The molecule has 0 atom stereocenters. The number of nitrogens with one attached hydrogen (secondary N) is 2. The van der Waals surface area contributed by atoms with E-state index < -0.39 is 11.5 Å². The van der Waals surface area contributed by atoms with Crippen LogP contribution >= 0.6 is 23.2 Å². The van der Waals surface area contributed by atoms with Gasteiger partial charge < -0.3 is 14.8 Å². The van der Waals surface area contributed by atoms with Gasteiger partial charge in [-0.15, -0.1) is 0 Å². The van der Waals surface area contributed by atoms with Gasteiger partial charge in [0.25, 0.3) is 0 Å². The van der Waals surface area contributed by atoms with Crippen molar-refractivity contribution in [3.63, 3.8) is 0 Å². The average molecular weight is 437 g/mol. The molecule has 2 N–H and O–H groups in total. The van der Waals surface area contributed by atoms with Crippen LogP contribution in [0, 0.1) is 0 Å². The van der Waals surface area contributed by atoms with Crippen molar-refractivity contribution in [3.8, 4) is 0 Å². The van der Waals surface area contributed by atoms with Crippen molar-refractivity contribution in [2.75, 3.05) is 25.6 Å². The van der Waals surface area contributed by atoms with Crippen molar-refractivity contribution >= 4 is 40.9 Å². The van der Waals surface area contributed by atoms with Crippen molar-refractivity contribution in [3.05, 3.63) is 63.6 Å². The predicted molar refractivity (Wildman–Crippen MR) is 113 cm³/mol. The van der Waals surface area contributed by atoms with Crippen LogP contribution in [0.15, 0.2) is 42.5 Å². The molecule has 154 valence electrons. The monoisotopic (exact) mass is 436 g/mol. The molecule has 1 fully saturated rings. The van der Waals surface area contributed by atoms with E-state index in [9.17, 15) is 9.59 Å². The van der Waals surface area contributed by atoms with Gasteiger partial charge in [0.2, 0.25) is 5.91 Å². The second kappa shape index (κ2) is 9.48. The van der Waals surface area contributed by atoms with E-state index in [2.05, 4.69) is 15.4 Å². The predicted octanol–water partition coefficient (Wildman–Crippen LogP) is 4.54. The lowest BCUT2D eigenvalue weighted by Gasteiger charge is -2.37. The Labute approximate surface area is 179 Å². The lowest BCUT2D eigenvalue weighted by molar-refractivity contribution is -0.130. The van der Waals surface area contributed by atoms with Gasteiger partial charge in [0.05, 0.1) is 12.5 Å². The topological polar surface area (TPSA) is 76.7 Å². The minimum Gasteiger partial charge on any atom is -0.453 e. The van der Waals surface area contributed by atoms with Crippen molar-refractivity contribution in [1.29, 1.82) is 0 Å². The zero-order valence-electron chi connectivity index (χ0n) is 16.0. The number of amides is 2. The quantitative estimate of drug-likeness (QED) is 0.721. The molecule has 0 saturated carbocycles. The van der Waals surface area contributed by atoms with Gasteiger partial charge in [-0.1, -0.05) is 41.4 Å². The van der Waals surface area contributed by atoms with Crippen LogP contribution in [-0.4, -0.2) is 32.3 Å². The molecule has 0 aromatic heterocycles. The number of carbonyl (C=O) groups is 2. The molecule has 29 heavy (non-hydrogen) atoms. The number of methoxy groups -OCH3 is 1. The summed E-state index contributed by atoms with van der Waals surface area (Å²) in [6.45, 7) is 1.33. The summed E-state index contributed by atoms with van der Waals surface area (Å²) in [4.78, 5) is 24.5. The molecule has 2 aromatic rings. The Kier molecular flexibility index (Phi) is 7.00. The van der Waals surface area contributed by atoms with Gasteiger partial charge in [0.15, 0.2) is 0 Å². The third-order valence-corrected chi connectivity index (χ3v) is 5.61. The molecule has 1 heterocycles. The highest BCUT2D eigenvalue weighted by Gasteiger charge is 2.42. The van der Waals surface area contributed by atoms with E-state index in [0.717, 1.165) is 11.1 Å². The van der Waals surface area contributed by atoms with Crippen LogP contribution in [0.2, 0.25) is 10.0 Å². The Bertz CT molecular complexity index is 881.